The van der Waals surface area contributed by atoms with Gasteiger partial charge in [0.05, 0.1) is 6.42 Å². The Morgan fingerprint density at radius 1 is 1.29 bits per heavy atom. The van der Waals surface area contributed by atoms with Crippen molar-refractivity contribution in [1.82, 2.24) is 5.32 Å². The minimum absolute atomic E-state index is 0.212. The van der Waals surface area contributed by atoms with Crippen molar-refractivity contribution in [3.05, 3.63) is 29.8 Å². The average Bonchev–Trinajstić information content (AvgIpc) is 2.28. The van der Waals surface area contributed by atoms with Crippen LogP contribution in [0.25, 0.3) is 0 Å². The molecule has 92 valence electrons. The Morgan fingerprint density at radius 2 is 1.88 bits per heavy atom. The molecule has 0 aliphatic rings. The summed E-state index contributed by atoms with van der Waals surface area (Å²) in [5.41, 5.74) is 12.2. The zero-order chi connectivity index (χ0) is 12.8. The summed E-state index contributed by atoms with van der Waals surface area (Å²) in [6.07, 6.45) is 0.701. The van der Waals surface area contributed by atoms with Gasteiger partial charge >= 0.3 is 0 Å². The summed E-state index contributed by atoms with van der Waals surface area (Å²) >= 11 is 0. The topological polar surface area (TPSA) is 98.2 Å². The lowest BCUT2D eigenvalue weighted by molar-refractivity contribution is -0.127. The normalized spacial score (nSPS) is 11.8. The highest BCUT2D eigenvalue weighted by Gasteiger charge is 2.15. The minimum atomic E-state index is -0.601. The van der Waals surface area contributed by atoms with Crippen LogP contribution in [0.5, 0.6) is 0 Å². The van der Waals surface area contributed by atoms with Gasteiger partial charge in [-0.25, -0.2) is 0 Å². The van der Waals surface area contributed by atoms with Crippen molar-refractivity contribution in [2.45, 2.75) is 25.8 Å². The van der Waals surface area contributed by atoms with Crippen molar-refractivity contribution in [2.24, 2.45) is 5.73 Å². The SMILES string of the molecule is CCC(NC(=O)Cc1ccc(N)cc1)C(N)=O. The molecular formula is C12H17N3O2. The van der Waals surface area contributed by atoms with Crippen LogP contribution in [0, 0.1) is 0 Å². The molecule has 5 N–H and O–H groups in total. The first-order chi connectivity index (χ1) is 8.02. The third kappa shape index (κ3) is 4.14. The van der Waals surface area contributed by atoms with Crippen LogP contribution in [0.4, 0.5) is 5.69 Å². The maximum absolute atomic E-state index is 11.6. The van der Waals surface area contributed by atoms with Crippen LogP contribution in [0.2, 0.25) is 0 Å². The number of primary amides is 1. The summed E-state index contributed by atoms with van der Waals surface area (Å²) in [7, 11) is 0. The average molecular weight is 235 g/mol. The lowest BCUT2D eigenvalue weighted by atomic mass is 10.1. The van der Waals surface area contributed by atoms with Gasteiger partial charge in [0.15, 0.2) is 0 Å². The van der Waals surface area contributed by atoms with Gasteiger partial charge in [-0.2, -0.15) is 0 Å². The highest BCUT2D eigenvalue weighted by Crippen LogP contribution is 2.06. The van der Waals surface area contributed by atoms with Crippen LogP contribution in [0.15, 0.2) is 24.3 Å². The number of hydrogen-bond acceptors (Lipinski definition) is 3. The first-order valence-corrected chi connectivity index (χ1v) is 5.46. The molecule has 1 rings (SSSR count). The number of rotatable bonds is 5. The van der Waals surface area contributed by atoms with Crippen LogP contribution < -0.4 is 16.8 Å². The maximum atomic E-state index is 11.6. The fourth-order valence-electron chi connectivity index (χ4n) is 1.44. The van der Waals surface area contributed by atoms with E-state index in [1.807, 2.05) is 0 Å². The van der Waals surface area contributed by atoms with Gasteiger partial charge < -0.3 is 16.8 Å². The predicted molar refractivity (Wildman–Crippen MR) is 66.0 cm³/mol. The molecule has 1 aromatic carbocycles. The number of amides is 2. The Hall–Kier alpha value is -2.04. The third-order valence-corrected chi connectivity index (χ3v) is 2.43. The van der Waals surface area contributed by atoms with Crippen LogP contribution in [0.1, 0.15) is 18.9 Å². The summed E-state index contributed by atoms with van der Waals surface area (Å²) in [5, 5.41) is 2.58. The molecular weight excluding hydrogens is 218 g/mol. The Bertz CT molecular complexity index is 401. The molecule has 0 spiro atoms. The van der Waals surface area contributed by atoms with Gasteiger partial charge in [-0.1, -0.05) is 19.1 Å². The fourth-order valence-corrected chi connectivity index (χ4v) is 1.44. The maximum Gasteiger partial charge on any atom is 0.239 e. The molecule has 0 aliphatic carbocycles. The lowest BCUT2D eigenvalue weighted by Gasteiger charge is -2.13. The van der Waals surface area contributed by atoms with E-state index in [1.165, 1.54) is 0 Å². The number of nitrogens with two attached hydrogens (primary N) is 2. The number of benzene rings is 1. The molecule has 0 aliphatic heterocycles. The number of hydrogen-bond donors (Lipinski definition) is 3. The van der Waals surface area contributed by atoms with Gasteiger partial charge in [0.2, 0.25) is 11.8 Å². The lowest BCUT2D eigenvalue weighted by Crippen LogP contribution is -2.44. The molecule has 0 aromatic heterocycles. The fraction of sp³-hybridized carbons (Fsp3) is 0.333. The van der Waals surface area contributed by atoms with Gasteiger partial charge in [0.25, 0.3) is 0 Å². The molecule has 1 aromatic rings. The zero-order valence-electron chi connectivity index (χ0n) is 9.77. The van der Waals surface area contributed by atoms with E-state index in [0.717, 1.165) is 5.56 Å². The molecule has 0 heterocycles. The van der Waals surface area contributed by atoms with E-state index in [9.17, 15) is 9.59 Å². The van der Waals surface area contributed by atoms with Crippen molar-refractivity contribution < 1.29 is 9.59 Å². The van der Waals surface area contributed by atoms with Gasteiger partial charge in [-0.05, 0) is 24.1 Å². The van der Waals surface area contributed by atoms with Gasteiger partial charge in [-0.3, -0.25) is 9.59 Å². The monoisotopic (exact) mass is 235 g/mol. The molecule has 2 amide bonds. The first kappa shape index (κ1) is 13.0. The highest BCUT2D eigenvalue weighted by molar-refractivity contribution is 5.87. The molecule has 0 saturated carbocycles. The molecule has 5 nitrogen and oxygen atoms in total. The molecule has 0 saturated heterocycles. The van der Waals surface area contributed by atoms with Crippen molar-refractivity contribution in [2.75, 3.05) is 5.73 Å². The summed E-state index contributed by atoms with van der Waals surface area (Å²) < 4.78 is 0. The van der Waals surface area contributed by atoms with Gasteiger partial charge in [-0.15, -0.1) is 0 Å². The van der Waals surface area contributed by atoms with E-state index in [-0.39, 0.29) is 12.3 Å². The van der Waals surface area contributed by atoms with Crippen LogP contribution in [-0.4, -0.2) is 17.9 Å². The van der Waals surface area contributed by atoms with E-state index < -0.39 is 11.9 Å². The van der Waals surface area contributed by atoms with Gasteiger partial charge in [0, 0.05) is 5.69 Å². The van der Waals surface area contributed by atoms with Crippen LogP contribution in [0.3, 0.4) is 0 Å². The summed E-state index contributed by atoms with van der Waals surface area (Å²) in [6, 6.07) is 6.42. The van der Waals surface area contributed by atoms with Crippen molar-refractivity contribution in [3.63, 3.8) is 0 Å². The summed E-state index contributed by atoms with van der Waals surface area (Å²) in [5.74, 6) is -0.737. The molecule has 17 heavy (non-hydrogen) atoms. The van der Waals surface area contributed by atoms with Crippen molar-refractivity contribution >= 4 is 17.5 Å². The minimum Gasteiger partial charge on any atom is -0.399 e. The van der Waals surface area contributed by atoms with Gasteiger partial charge in [0.1, 0.15) is 6.04 Å². The number of carbonyl (C=O) groups excluding carboxylic acids is 2. The quantitative estimate of drug-likeness (QED) is 0.635. The molecule has 0 radical (unpaired) electrons. The molecule has 5 heteroatoms. The predicted octanol–water partition coefficient (Wildman–Crippen LogP) is 0.191. The van der Waals surface area contributed by atoms with Crippen LogP contribution in [-0.2, 0) is 16.0 Å². The zero-order valence-corrected chi connectivity index (χ0v) is 9.77. The summed E-state index contributed by atoms with van der Waals surface area (Å²) in [4.78, 5) is 22.6. The smallest absolute Gasteiger partial charge is 0.239 e. The second-order valence-electron chi connectivity index (χ2n) is 3.85. The Kier molecular flexibility index (Phi) is 4.51. The molecule has 0 fully saturated rings. The van der Waals surface area contributed by atoms with E-state index in [1.54, 1.807) is 31.2 Å². The second kappa shape index (κ2) is 5.89. The van der Waals surface area contributed by atoms with E-state index in [0.29, 0.717) is 12.1 Å². The van der Waals surface area contributed by atoms with Crippen molar-refractivity contribution in [1.29, 1.82) is 0 Å². The Labute approximate surface area is 100 Å². The molecule has 1 atom stereocenters. The van der Waals surface area contributed by atoms with Crippen molar-refractivity contribution in [3.8, 4) is 0 Å². The standard InChI is InChI=1S/C12H17N3O2/c1-2-10(12(14)17)15-11(16)7-8-3-5-9(13)6-4-8/h3-6,10H,2,7,13H2,1H3,(H2,14,17)(H,15,16). The van der Waals surface area contributed by atoms with E-state index >= 15 is 0 Å². The number of nitrogen functional groups attached to an aromatic ring is 1. The van der Waals surface area contributed by atoms with Crippen LogP contribution >= 0.6 is 0 Å². The van der Waals surface area contributed by atoms with E-state index in [2.05, 4.69) is 5.32 Å². The summed E-state index contributed by atoms with van der Waals surface area (Å²) in [6.45, 7) is 1.79. The first-order valence-electron chi connectivity index (χ1n) is 5.46. The molecule has 0 bridgehead atoms. The number of anilines is 1. The van der Waals surface area contributed by atoms with E-state index in [4.69, 9.17) is 11.5 Å². The Morgan fingerprint density at radius 3 is 2.35 bits per heavy atom. The molecule has 1 unspecified atom stereocenters. The number of carbonyl (C=O) groups is 2. The third-order valence-electron chi connectivity index (χ3n) is 2.43. The largest absolute Gasteiger partial charge is 0.399 e. The Balaban J connectivity index is 2.54. The highest BCUT2D eigenvalue weighted by atomic mass is 16.2. The second-order valence-corrected chi connectivity index (χ2v) is 3.85. The number of nitrogens with one attached hydrogen (secondary N) is 1.